The lowest BCUT2D eigenvalue weighted by atomic mass is 9.94. The number of anilines is 1. The van der Waals surface area contributed by atoms with E-state index in [9.17, 15) is 0 Å². The first-order chi connectivity index (χ1) is 11.3. The molecule has 3 rings (SSSR count). The molecule has 0 aliphatic heterocycles. The highest BCUT2D eigenvalue weighted by molar-refractivity contribution is 5.32. The molecule has 0 spiro atoms. The van der Waals surface area contributed by atoms with E-state index in [4.69, 9.17) is 4.74 Å². The number of benzene rings is 1. The van der Waals surface area contributed by atoms with Crippen molar-refractivity contribution in [2.45, 2.75) is 39.0 Å². The lowest BCUT2D eigenvalue weighted by Gasteiger charge is -2.13. The van der Waals surface area contributed by atoms with Gasteiger partial charge in [-0.1, -0.05) is 31.5 Å². The number of nitrogens with one attached hydrogen (secondary N) is 1. The number of pyridine rings is 1. The van der Waals surface area contributed by atoms with Crippen LogP contribution in [-0.4, -0.2) is 18.1 Å². The zero-order valence-corrected chi connectivity index (χ0v) is 13.9. The Morgan fingerprint density at radius 2 is 1.96 bits per heavy atom. The minimum Gasteiger partial charge on any atom is -0.494 e. The summed E-state index contributed by atoms with van der Waals surface area (Å²) in [6.45, 7) is 3.90. The summed E-state index contributed by atoms with van der Waals surface area (Å²) in [5.41, 5.74) is 2.05. The van der Waals surface area contributed by atoms with E-state index in [-0.39, 0.29) is 0 Å². The highest BCUT2D eigenvalue weighted by Crippen LogP contribution is 2.51. The van der Waals surface area contributed by atoms with Crippen molar-refractivity contribution in [1.82, 2.24) is 4.98 Å². The van der Waals surface area contributed by atoms with E-state index in [0.717, 1.165) is 31.1 Å². The summed E-state index contributed by atoms with van der Waals surface area (Å²) in [7, 11) is 0. The molecular weight excluding hydrogens is 284 g/mol. The smallest absolute Gasteiger partial charge is 0.125 e. The molecule has 1 aromatic heterocycles. The molecule has 3 nitrogen and oxygen atoms in total. The van der Waals surface area contributed by atoms with Crippen molar-refractivity contribution in [3.63, 3.8) is 0 Å². The molecule has 0 radical (unpaired) electrons. The minimum absolute atomic E-state index is 0.611. The average Bonchev–Trinajstić information content (AvgIpc) is 3.37. The van der Waals surface area contributed by atoms with Crippen LogP contribution in [0.1, 0.15) is 38.2 Å². The largest absolute Gasteiger partial charge is 0.494 e. The minimum atomic E-state index is 0.611. The van der Waals surface area contributed by atoms with Crippen molar-refractivity contribution in [2.24, 2.45) is 5.41 Å². The fraction of sp³-hybridized carbons (Fsp3) is 0.450. The Balaban J connectivity index is 1.35. The predicted octanol–water partition coefficient (Wildman–Crippen LogP) is 4.70. The Morgan fingerprint density at radius 1 is 1.13 bits per heavy atom. The van der Waals surface area contributed by atoms with Gasteiger partial charge in [-0.3, -0.25) is 0 Å². The van der Waals surface area contributed by atoms with Crippen LogP contribution in [0.15, 0.2) is 48.7 Å². The molecule has 0 saturated heterocycles. The highest BCUT2D eigenvalue weighted by Gasteiger charge is 2.40. The number of hydrogen-bond acceptors (Lipinski definition) is 3. The fourth-order valence-electron chi connectivity index (χ4n) is 2.91. The van der Waals surface area contributed by atoms with E-state index >= 15 is 0 Å². The molecule has 23 heavy (non-hydrogen) atoms. The van der Waals surface area contributed by atoms with E-state index < -0.39 is 0 Å². The van der Waals surface area contributed by atoms with Gasteiger partial charge in [0.25, 0.3) is 0 Å². The molecule has 1 aliphatic rings. The van der Waals surface area contributed by atoms with E-state index in [2.05, 4.69) is 41.5 Å². The van der Waals surface area contributed by atoms with Crippen molar-refractivity contribution < 1.29 is 4.74 Å². The Labute approximate surface area is 139 Å². The number of rotatable bonds is 9. The zero-order valence-electron chi connectivity index (χ0n) is 13.9. The maximum absolute atomic E-state index is 5.81. The quantitative estimate of drug-likeness (QED) is 0.682. The molecule has 0 amide bonds. The molecule has 1 aliphatic carbocycles. The van der Waals surface area contributed by atoms with E-state index in [0.29, 0.717) is 5.41 Å². The van der Waals surface area contributed by atoms with Crippen LogP contribution >= 0.6 is 0 Å². The van der Waals surface area contributed by atoms with Gasteiger partial charge < -0.3 is 10.1 Å². The fourth-order valence-corrected chi connectivity index (χ4v) is 2.91. The molecule has 1 saturated carbocycles. The maximum atomic E-state index is 5.81. The Bertz CT molecular complexity index is 591. The summed E-state index contributed by atoms with van der Waals surface area (Å²) in [4.78, 5) is 4.23. The molecule has 1 fully saturated rings. The summed E-state index contributed by atoms with van der Waals surface area (Å²) < 4.78 is 5.81. The Kier molecular flexibility index (Phi) is 5.16. The standard InChI is InChI=1S/C20H26N2O/c1-2-20(11-12-20)16-17-7-9-18(10-8-17)23-15-5-14-22-19-6-3-4-13-21-19/h3-4,6-10,13H,2,5,11-12,14-16H2,1H3,(H,21,22). The summed E-state index contributed by atoms with van der Waals surface area (Å²) in [5.74, 6) is 1.88. The molecule has 3 heteroatoms. The van der Waals surface area contributed by atoms with Gasteiger partial charge in [-0.05, 0) is 60.9 Å². The van der Waals surface area contributed by atoms with Crippen LogP contribution in [0.5, 0.6) is 5.75 Å². The van der Waals surface area contributed by atoms with Crippen LogP contribution in [0.2, 0.25) is 0 Å². The molecule has 2 aromatic rings. The number of aromatic nitrogens is 1. The van der Waals surface area contributed by atoms with Gasteiger partial charge in [0.2, 0.25) is 0 Å². The van der Waals surface area contributed by atoms with Crippen molar-refractivity contribution in [1.29, 1.82) is 0 Å². The van der Waals surface area contributed by atoms with Crippen LogP contribution in [-0.2, 0) is 6.42 Å². The normalized spacial score (nSPS) is 15.2. The third-order valence-corrected chi connectivity index (χ3v) is 4.77. The van der Waals surface area contributed by atoms with Crippen LogP contribution in [0.25, 0.3) is 0 Å². The van der Waals surface area contributed by atoms with Gasteiger partial charge >= 0.3 is 0 Å². The second kappa shape index (κ2) is 7.49. The van der Waals surface area contributed by atoms with Crippen molar-refractivity contribution in [3.8, 4) is 5.75 Å². The van der Waals surface area contributed by atoms with Gasteiger partial charge in [-0.25, -0.2) is 4.98 Å². The first-order valence-corrected chi connectivity index (χ1v) is 8.66. The number of nitrogens with zero attached hydrogens (tertiary/aromatic N) is 1. The van der Waals surface area contributed by atoms with Crippen LogP contribution in [0.3, 0.4) is 0 Å². The second-order valence-electron chi connectivity index (χ2n) is 6.52. The molecule has 1 N–H and O–H groups in total. The van der Waals surface area contributed by atoms with Crippen LogP contribution in [0.4, 0.5) is 5.82 Å². The molecule has 0 bridgehead atoms. The van der Waals surface area contributed by atoms with Crippen molar-refractivity contribution in [2.75, 3.05) is 18.5 Å². The summed E-state index contributed by atoms with van der Waals surface area (Å²) >= 11 is 0. The third kappa shape index (κ3) is 4.72. The third-order valence-electron chi connectivity index (χ3n) is 4.77. The lowest BCUT2D eigenvalue weighted by Crippen LogP contribution is -2.08. The molecule has 0 unspecified atom stereocenters. The van der Waals surface area contributed by atoms with Crippen molar-refractivity contribution >= 4 is 5.82 Å². The van der Waals surface area contributed by atoms with Crippen molar-refractivity contribution in [3.05, 3.63) is 54.2 Å². The van der Waals surface area contributed by atoms with E-state index in [1.165, 1.54) is 31.2 Å². The number of ether oxygens (including phenoxy) is 1. The molecule has 0 atom stereocenters. The lowest BCUT2D eigenvalue weighted by molar-refractivity contribution is 0.315. The Morgan fingerprint density at radius 3 is 2.61 bits per heavy atom. The van der Waals surface area contributed by atoms with Gasteiger partial charge in [-0.15, -0.1) is 0 Å². The topological polar surface area (TPSA) is 34.1 Å². The highest BCUT2D eigenvalue weighted by atomic mass is 16.5. The summed E-state index contributed by atoms with van der Waals surface area (Å²) in [5, 5.41) is 3.29. The monoisotopic (exact) mass is 310 g/mol. The summed E-state index contributed by atoms with van der Waals surface area (Å²) in [6.07, 6.45) is 8.06. The van der Waals surface area contributed by atoms with Gasteiger partial charge in [0, 0.05) is 12.7 Å². The van der Waals surface area contributed by atoms with Crippen LogP contribution in [0, 0.1) is 5.41 Å². The average molecular weight is 310 g/mol. The molecule has 122 valence electrons. The van der Waals surface area contributed by atoms with E-state index in [1.54, 1.807) is 6.20 Å². The van der Waals surface area contributed by atoms with Gasteiger partial charge in [-0.2, -0.15) is 0 Å². The molecular formula is C20H26N2O. The molecule has 1 heterocycles. The van der Waals surface area contributed by atoms with Gasteiger partial charge in [0.15, 0.2) is 0 Å². The first kappa shape index (κ1) is 15.9. The molecule has 1 aromatic carbocycles. The Hall–Kier alpha value is -2.03. The van der Waals surface area contributed by atoms with Crippen LogP contribution < -0.4 is 10.1 Å². The zero-order chi connectivity index (χ0) is 16.0. The SMILES string of the molecule is CCC1(Cc2ccc(OCCCNc3ccccn3)cc2)CC1. The van der Waals surface area contributed by atoms with E-state index in [1.807, 2.05) is 18.2 Å². The number of hydrogen-bond donors (Lipinski definition) is 1. The second-order valence-corrected chi connectivity index (χ2v) is 6.52. The summed E-state index contributed by atoms with van der Waals surface area (Å²) in [6, 6.07) is 14.5. The first-order valence-electron chi connectivity index (χ1n) is 8.66. The van der Waals surface area contributed by atoms with Gasteiger partial charge in [0.1, 0.15) is 11.6 Å². The maximum Gasteiger partial charge on any atom is 0.125 e. The predicted molar refractivity (Wildman–Crippen MR) is 94.9 cm³/mol. The van der Waals surface area contributed by atoms with Gasteiger partial charge in [0.05, 0.1) is 6.61 Å².